The third kappa shape index (κ3) is 2.97. The Balaban J connectivity index is 1.64. The van der Waals surface area contributed by atoms with E-state index in [-0.39, 0.29) is 17.4 Å². The first kappa shape index (κ1) is 15.7. The van der Waals surface area contributed by atoms with E-state index in [4.69, 9.17) is 5.11 Å². The van der Waals surface area contributed by atoms with Crippen LogP contribution in [0.5, 0.6) is 0 Å². The van der Waals surface area contributed by atoms with Gasteiger partial charge in [0.05, 0.1) is 28.2 Å². The molecule has 0 amide bonds. The maximum atomic E-state index is 11.5. The molecular weight excluding hydrogens is 338 g/mol. The molecule has 3 heterocycles. The minimum atomic E-state index is -0.137. The average Bonchev–Trinajstić information content (AvgIpc) is 3.26. The van der Waals surface area contributed by atoms with Crippen molar-refractivity contribution < 1.29 is 5.11 Å². The minimum Gasteiger partial charge on any atom is -0.390 e. The molecule has 2 N–H and O–H groups in total. The Morgan fingerprint density at radius 2 is 2.12 bits per heavy atom. The van der Waals surface area contributed by atoms with Crippen molar-refractivity contribution in [2.45, 2.75) is 19.4 Å². The van der Waals surface area contributed by atoms with Crippen molar-refractivity contribution in [2.24, 2.45) is 0 Å². The van der Waals surface area contributed by atoms with Crippen LogP contribution < -0.4 is 4.87 Å². The molecular formula is C17H15N5O2S. The lowest BCUT2D eigenvalue weighted by Crippen LogP contribution is -2.04. The topological polar surface area (TPSA) is 96.7 Å². The van der Waals surface area contributed by atoms with Gasteiger partial charge in [0.2, 0.25) is 0 Å². The molecule has 0 spiro atoms. The summed E-state index contributed by atoms with van der Waals surface area (Å²) >= 11 is 1.21. The highest BCUT2D eigenvalue weighted by molar-refractivity contribution is 7.16. The van der Waals surface area contributed by atoms with Gasteiger partial charge in [0.1, 0.15) is 0 Å². The number of H-pyrrole nitrogens is 1. The molecule has 126 valence electrons. The van der Waals surface area contributed by atoms with Crippen molar-refractivity contribution in [3.8, 4) is 5.82 Å². The Bertz CT molecular complexity index is 1080. The molecule has 0 aliphatic carbocycles. The van der Waals surface area contributed by atoms with Crippen LogP contribution in [0.2, 0.25) is 0 Å². The third-order valence-electron chi connectivity index (χ3n) is 4.10. The van der Waals surface area contributed by atoms with Gasteiger partial charge in [-0.2, -0.15) is 10.2 Å². The van der Waals surface area contributed by atoms with Gasteiger partial charge in [-0.1, -0.05) is 24.3 Å². The first-order chi connectivity index (χ1) is 12.1. The summed E-state index contributed by atoms with van der Waals surface area (Å²) in [7, 11) is 0. The summed E-state index contributed by atoms with van der Waals surface area (Å²) in [6, 6.07) is 11.4. The van der Waals surface area contributed by atoms with Gasteiger partial charge in [-0.25, -0.2) is 4.68 Å². The van der Waals surface area contributed by atoms with E-state index in [1.165, 1.54) is 11.3 Å². The maximum Gasteiger partial charge on any atom is 0.305 e. The number of aliphatic hydroxyl groups excluding tert-OH is 1. The van der Waals surface area contributed by atoms with E-state index >= 15 is 0 Å². The summed E-state index contributed by atoms with van der Waals surface area (Å²) in [4.78, 5) is 14.2. The second-order valence-electron chi connectivity index (χ2n) is 5.72. The van der Waals surface area contributed by atoms with E-state index in [1.807, 2.05) is 30.5 Å². The number of nitrogens with zero attached hydrogens (tertiary/aromatic N) is 4. The number of aromatic amines is 1. The number of aromatic nitrogens is 5. The molecule has 0 saturated heterocycles. The fourth-order valence-corrected chi connectivity index (χ4v) is 3.44. The summed E-state index contributed by atoms with van der Waals surface area (Å²) in [5.41, 5.74) is 3.36. The lowest BCUT2D eigenvalue weighted by molar-refractivity contribution is 0.275. The summed E-state index contributed by atoms with van der Waals surface area (Å²) in [5, 5.41) is 21.6. The SMILES string of the molecule is CC(c1ccc2[nH]c(=O)sc2c1)c1ccn(-c2ccc(CO)nn2)n1. The van der Waals surface area contributed by atoms with Gasteiger partial charge in [-0.3, -0.25) is 4.79 Å². The molecule has 0 aliphatic rings. The largest absolute Gasteiger partial charge is 0.390 e. The molecule has 25 heavy (non-hydrogen) atoms. The molecule has 8 heteroatoms. The lowest BCUT2D eigenvalue weighted by Gasteiger charge is -2.09. The zero-order valence-electron chi connectivity index (χ0n) is 13.4. The van der Waals surface area contributed by atoms with Crippen LogP contribution in [0.25, 0.3) is 16.0 Å². The lowest BCUT2D eigenvalue weighted by atomic mass is 9.98. The summed E-state index contributed by atoms with van der Waals surface area (Å²) < 4.78 is 2.60. The highest BCUT2D eigenvalue weighted by atomic mass is 32.1. The number of fused-ring (bicyclic) bond motifs is 1. The standard InChI is InChI=1S/C17H15N5O2S/c1-10(11-2-4-14-15(8-11)25-17(24)18-14)13-6-7-22(21-13)16-5-3-12(9-23)19-20-16/h2-8,10,23H,9H2,1H3,(H,18,24). The van der Waals surface area contributed by atoms with E-state index in [1.54, 1.807) is 16.8 Å². The number of hydrogen-bond acceptors (Lipinski definition) is 6. The first-order valence-electron chi connectivity index (χ1n) is 7.76. The van der Waals surface area contributed by atoms with E-state index in [9.17, 15) is 4.79 Å². The highest BCUT2D eigenvalue weighted by Gasteiger charge is 2.14. The van der Waals surface area contributed by atoms with E-state index < -0.39 is 0 Å². The Kier molecular flexibility index (Phi) is 3.90. The fourth-order valence-electron chi connectivity index (χ4n) is 2.66. The van der Waals surface area contributed by atoms with Crippen LogP contribution in [-0.2, 0) is 6.61 Å². The van der Waals surface area contributed by atoms with E-state index in [0.717, 1.165) is 21.5 Å². The molecule has 1 atom stereocenters. The average molecular weight is 353 g/mol. The van der Waals surface area contributed by atoms with Crippen LogP contribution in [0.3, 0.4) is 0 Å². The molecule has 0 radical (unpaired) electrons. The molecule has 1 aromatic carbocycles. The fraction of sp³-hybridized carbons (Fsp3) is 0.176. The van der Waals surface area contributed by atoms with Crippen LogP contribution in [0.4, 0.5) is 0 Å². The highest BCUT2D eigenvalue weighted by Crippen LogP contribution is 2.26. The van der Waals surface area contributed by atoms with Crippen LogP contribution in [0.1, 0.15) is 29.8 Å². The van der Waals surface area contributed by atoms with Crippen molar-refractivity contribution in [1.82, 2.24) is 25.0 Å². The second-order valence-corrected chi connectivity index (χ2v) is 6.73. The zero-order chi connectivity index (χ0) is 17.4. The first-order valence-corrected chi connectivity index (χ1v) is 8.58. The van der Waals surface area contributed by atoms with Gasteiger partial charge in [0, 0.05) is 12.1 Å². The van der Waals surface area contributed by atoms with Gasteiger partial charge in [0.25, 0.3) is 0 Å². The van der Waals surface area contributed by atoms with E-state index in [2.05, 4.69) is 27.2 Å². The van der Waals surface area contributed by atoms with Gasteiger partial charge >= 0.3 is 4.87 Å². The second kappa shape index (κ2) is 6.23. The molecule has 4 rings (SSSR count). The Labute approximate surface area is 146 Å². The Hall–Kier alpha value is -2.84. The van der Waals surface area contributed by atoms with Crippen molar-refractivity contribution in [1.29, 1.82) is 0 Å². The van der Waals surface area contributed by atoms with Crippen LogP contribution in [0.15, 0.2) is 47.4 Å². The van der Waals surface area contributed by atoms with Gasteiger partial charge < -0.3 is 10.1 Å². The Morgan fingerprint density at radius 1 is 1.24 bits per heavy atom. The van der Waals surface area contributed by atoms with E-state index in [0.29, 0.717) is 11.5 Å². The quantitative estimate of drug-likeness (QED) is 0.586. The van der Waals surface area contributed by atoms with Gasteiger partial charge in [0.15, 0.2) is 5.82 Å². The molecule has 1 unspecified atom stereocenters. The number of hydrogen-bond donors (Lipinski definition) is 2. The zero-order valence-corrected chi connectivity index (χ0v) is 14.2. The normalized spacial score (nSPS) is 12.6. The number of aliphatic hydroxyl groups is 1. The molecule has 0 bridgehead atoms. The van der Waals surface area contributed by atoms with Crippen LogP contribution in [-0.4, -0.2) is 30.1 Å². The maximum absolute atomic E-state index is 11.5. The molecule has 0 saturated carbocycles. The minimum absolute atomic E-state index is 0.0472. The van der Waals surface area contributed by atoms with Crippen LogP contribution in [0, 0.1) is 0 Å². The van der Waals surface area contributed by atoms with Crippen molar-refractivity contribution >= 4 is 21.6 Å². The monoisotopic (exact) mass is 353 g/mol. The summed E-state index contributed by atoms with van der Waals surface area (Å²) in [6.07, 6.45) is 1.83. The Morgan fingerprint density at radius 3 is 2.88 bits per heavy atom. The van der Waals surface area contributed by atoms with Crippen molar-refractivity contribution in [3.63, 3.8) is 0 Å². The summed E-state index contributed by atoms with van der Waals surface area (Å²) in [6.45, 7) is 1.94. The number of thiazole rings is 1. The predicted molar refractivity (Wildman–Crippen MR) is 95.0 cm³/mol. The third-order valence-corrected chi connectivity index (χ3v) is 4.95. The number of rotatable bonds is 4. The summed E-state index contributed by atoms with van der Waals surface area (Å²) in [5.74, 6) is 0.669. The van der Waals surface area contributed by atoms with Gasteiger partial charge in [-0.15, -0.1) is 5.10 Å². The molecule has 7 nitrogen and oxygen atoms in total. The molecule has 0 fully saturated rings. The van der Waals surface area contributed by atoms with Crippen LogP contribution >= 0.6 is 11.3 Å². The predicted octanol–water partition coefficient (Wildman–Crippen LogP) is 2.21. The molecule has 0 aliphatic heterocycles. The number of benzene rings is 1. The van der Waals surface area contributed by atoms with Crippen molar-refractivity contribution in [3.05, 3.63) is 69.2 Å². The molecule has 3 aromatic heterocycles. The molecule has 4 aromatic rings. The smallest absolute Gasteiger partial charge is 0.305 e. The van der Waals surface area contributed by atoms with Crippen molar-refractivity contribution in [2.75, 3.05) is 0 Å². The number of nitrogens with one attached hydrogen (secondary N) is 1. The van der Waals surface area contributed by atoms with Gasteiger partial charge in [-0.05, 0) is 35.9 Å².